The molecule has 2 aliphatic rings. The third-order valence-electron chi connectivity index (χ3n) is 11.5. The summed E-state index contributed by atoms with van der Waals surface area (Å²) in [5.74, 6) is -7.79. The van der Waals surface area contributed by atoms with Crippen LogP contribution in [0, 0.1) is 0 Å². The van der Waals surface area contributed by atoms with Crippen LogP contribution >= 0.6 is 23.5 Å². The quantitative estimate of drug-likeness (QED) is 0.0307. The van der Waals surface area contributed by atoms with Crippen LogP contribution in [-0.4, -0.2) is 182 Å². The van der Waals surface area contributed by atoms with E-state index < -0.39 is 120 Å². The number of carboxylic acid groups (broad SMARTS) is 2. The fraction of sp³-hybridized carbons (Fsp3) is 0.543. The fourth-order valence-electron chi connectivity index (χ4n) is 7.86. The Balaban J connectivity index is 1.00. The van der Waals surface area contributed by atoms with E-state index in [2.05, 4.69) is 26.6 Å². The molecule has 12 N–H and O–H groups in total. The molecule has 23 nitrogen and oxygen atoms in total. The number of carbonyl (C=O) groups is 5. The Morgan fingerprint density at radius 2 is 1.17 bits per heavy atom. The molecule has 3 aromatic rings. The van der Waals surface area contributed by atoms with Crippen LogP contribution in [-0.2, 0) is 38.1 Å². The van der Waals surface area contributed by atoms with Gasteiger partial charge in [0, 0.05) is 63.4 Å². The van der Waals surface area contributed by atoms with Gasteiger partial charge in [-0.25, -0.2) is 9.59 Å². The number of amides is 3. The molecule has 5 rings (SSSR count). The van der Waals surface area contributed by atoms with E-state index >= 15 is 0 Å². The van der Waals surface area contributed by atoms with E-state index in [-0.39, 0.29) is 30.2 Å². The van der Waals surface area contributed by atoms with E-state index in [4.69, 9.17) is 18.9 Å². The minimum absolute atomic E-state index is 0.0907. The van der Waals surface area contributed by atoms with E-state index in [0.717, 1.165) is 18.1 Å². The lowest BCUT2D eigenvalue weighted by Gasteiger charge is -2.46. The summed E-state index contributed by atoms with van der Waals surface area (Å²) in [5, 5.41) is 87.0. The molecule has 3 aromatic carbocycles. The number of aliphatic carboxylic acids is 2. The number of carboxylic acids is 2. The molecule has 2 heterocycles. The number of carbonyl (C=O) groups excluding carboxylic acids is 3. The molecule has 0 unspecified atom stereocenters. The number of anilines is 2. The summed E-state index contributed by atoms with van der Waals surface area (Å²) in [6.45, 7) is 2.16. The van der Waals surface area contributed by atoms with Gasteiger partial charge < -0.3 is 81.3 Å². The molecule has 0 radical (unpaired) electrons. The summed E-state index contributed by atoms with van der Waals surface area (Å²) >= 11 is 2.88. The van der Waals surface area contributed by atoms with E-state index in [9.17, 15) is 69.3 Å². The topological polar surface area (TPSA) is 358 Å². The number of rotatable bonds is 28. The molecule has 2 fully saturated rings. The number of aliphatic hydroxyl groups is 5. The van der Waals surface area contributed by atoms with Gasteiger partial charge in [0.05, 0.1) is 37.6 Å². The maximum absolute atomic E-state index is 12.9. The second-order valence-corrected chi connectivity index (χ2v) is 19.3. The van der Waals surface area contributed by atoms with Crippen LogP contribution in [0.3, 0.4) is 0 Å². The van der Waals surface area contributed by atoms with Crippen LogP contribution in [0.25, 0.3) is 11.1 Å². The van der Waals surface area contributed by atoms with E-state index in [0.29, 0.717) is 48.9 Å². The Bertz CT molecular complexity index is 2330. The third kappa shape index (κ3) is 15.2. The first kappa shape index (κ1) is 56.7. The zero-order valence-corrected chi connectivity index (χ0v) is 40.6. The number of hydrogen-bond donors (Lipinski definition) is 12. The molecule has 0 aromatic heterocycles. The zero-order chi connectivity index (χ0) is 51.9. The number of aliphatic hydroxyl groups excluding tert-OH is 5. The predicted molar refractivity (Wildman–Crippen MR) is 260 cm³/mol. The lowest BCUT2D eigenvalue weighted by Crippen LogP contribution is -2.68. The molecule has 390 valence electrons. The van der Waals surface area contributed by atoms with Crippen LogP contribution in [0.5, 0.6) is 0 Å². The highest BCUT2D eigenvalue weighted by molar-refractivity contribution is 7.99. The minimum Gasteiger partial charge on any atom is -0.477 e. The number of hydrogen-bond acceptors (Lipinski definition) is 20. The lowest BCUT2D eigenvalue weighted by atomic mass is 9.88. The van der Waals surface area contributed by atoms with Gasteiger partial charge in [-0.2, -0.15) is 23.5 Å². The number of nitrogens with one attached hydrogen (secondary N) is 5. The SMILES string of the molecule is CC(=O)N[C@H]1[C@H](O)C[C@](OCCCSCCNc2c(NCCSCCCO[C@]3(C(=O)O)C[C@H](O)[C@@H](NC(C)=O)[C@H]([C@H](O)[C@H](O)CNC(=O)c4ccc(-c5ccccc5)cc4)O3)c(=O)c2=O)(C(=O)O)O[C@H]1O. The van der Waals surface area contributed by atoms with Crippen molar-refractivity contribution in [3.05, 3.63) is 80.6 Å². The van der Waals surface area contributed by atoms with E-state index in [1.807, 2.05) is 30.3 Å². The molecule has 0 bridgehead atoms. The second-order valence-electron chi connectivity index (χ2n) is 16.8. The van der Waals surface area contributed by atoms with Crippen molar-refractivity contribution in [2.24, 2.45) is 0 Å². The van der Waals surface area contributed by atoms with Crippen LogP contribution in [0.1, 0.15) is 49.9 Å². The summed E-state index contributed by atoms with van der Waals surface area (Å²) in [6.07, 6.45) is -10.7. The number of ether oxygens (including phenoxy) is 4. The maximum atomic E-state index is 12.9. The van der Waals surface area contributed by atoms with Crippen molar-refractivity contribution in [3.63, 3.8) is 0 Å². The van der Waals surface area contributed by atoms with Gasteiger partial charge in [0.15, 0.2) is 6.29 Å². The molecule has 0 spiro atoms. The predicted octanol–water partition coefficient (Wildman–Crippen LogP) is -0.974. The molecule has 71 heavy (non-hydrogen) atoms. The van der Waals surface area contributed by atoms with Crippen molar-refractivity contribution in [2.75, 3.05) is 66.5 Å². The molecule has 25 heteroatoms. The van der Waals surface area contributed by atoms with Gasteiger partial charge in [0.25, 0.3) is 28.3 Å². The summed E-state index contributed by atoms with van der Waals surface area (Å²) in [7, 11) is 0. The standard InChI is InChI=1S/C46H61N5O18S2/c1-25(52)50-33-30(54)22-45(43(62)63,68-40(33)37(57)32(56)24-49-41(60)29-12-10-28(11-13-29)27-8-4-3-5-9-27)66-16-6-18-70-20-14-47-35-36(39(59)38(35)58)48-15-21-71-19-7-17-67-46(44(64)65)23-31(55)34(42(61)69-46)51-26(2)53/h3-5,8-13,30-34,37,40,42,47-48,54-57,61H,6-7,14-24H2,1-2H3,(H,49,60)(H,50,52)(H,51,53)(H,62,63)(H,64,65)/t30-,31+,32+,33+,34-,37+,40+,42+,45+,46+/m0/s1. The normalized spacial score (nSPS) is 25.1. The van der Waals surface area contributed by atoms with Gasteiger partial charge in [0.2, 0.25) is 11.8 Å². The smallest absolute Gasteiger partial charge is 0.364 e. The third-order valence-corrected chi connectivity index (χ3v) is 13.6. The Kier molecular flexibility index (Phi) is 21.2. The highest BCUT2D eigenvalue weighted by Gasteiger charge is 2.56. The summed E-state index contributed by atoms with van der Waals surface area (Å²) in [6, 6.07) is 13.6. The molecule has 2 aliphatic heterocycles. The Morgan fingerprint density at radius 1 is 0.690 bits per heavy atom. The average molecular weight is 1040 g/mol. The summed E-state index contributed by atoms with van der Waals surface area (Å²) < 4.78 is 22.2. The van der Waals surface area contributed by atoms with Gasteiger partial charge in [-0.1, -0.05) is 42.5 Å². The monoisotopic (exact) mass is 1040 g/mol. The van der Waals surface area contributed by atoms with E-state index in [1.165, 1.54) is 30.4 Å². The average Bonchev–Trinajstić information content (AvgIpc) is 3.33. The van der Waals surface area contributed by atoms with Crippen molar-refractivity contribution >= 4 is 64.6 Å². The molecule has 2 saturated heterocycles. The molecular weight excluding hydrogens is 975 g/mol. The van der Waals surface area contributed by atoms with Gasteiger partial charge in [-0.3, -0.25) is 24.0 Å². The molecule has 0 aliphatic carbocycles. The number of benzene rings is 2. The Hall–Kier alpha value is -5.19. The highest BCUT2D eigenvalue weighted by Crippen LogP contribution is 2.34. The van der Waals surface area contributed by atoms with E-state index in [1.54, 1.807) is 24.3 Å². The van der Waals surface area contributed by atoms with Gasteiger partial charge in [0.1, 0.15) is 29.6 Å². The molecule has 3 amide bonds. The van der Waals surface area contributed by atoms with Crippen LogP contribution in [0.4, 0.5) is 11.4 Å². The van der Waals surface area contributed by atoms with Crippen molar-refractivity contribution < 1.29 is 78.7 Å². The summed E-state index contributed by atoms with van der Waals surface area (Å²) in [4.78, 5) is 85.5. The Labute approximate surface area is 416 Å². The number of thioether (sulfide) groups is 2. The maximum Gasteiger partial charge on any atom is 0.364 e. The first-order valence-corrected chi connectivity index (χ1v) is 25.0. The fourth-order valence-corrected chi connectivity index (χ4v) is 9.41. The summed E-state index contributed by atoms with van der Waals surface area (Å²) in [5.41, 5.74) is 1.03. The largest absolute Gasteiger partial charge is 0.477 e. The zero-order valence-electron chi connectivity index (χ0n) is 38.9. The van der Waals surface area contributed by atoms with Gasteiger partial charge in [-0.15, -0.1) is 0 Å². The van der Waals surface area contributed by atoms with Crippen LogP contribution < -0.4 is 37.4 Å². The minimum atomic E-state index is -2.48. The molecule has 0 saturated carbocycles. The first-order chi connectivity index (χ1) is 33.8. The lowest BCUT2D eigenvalue weighted by molar-refractivity contribution is -0.332. The molecular formula is C46H61N5O18S2. The van der Waals surface area contributed by atoms with Crippen molar-refractivity contribution in [3.8, 4) is 11.1 Å². The Morgan fingerprint density at radius 3 is 1.66 bits per heavy atom. The molecule has 10 atom stereocenters. The van der Waals surface area contributed by atoms with Crippen molar-refractivity contribution in [1.29, 1.82) is 0 Å². The van der Waals surface area contributed by atoms with Gasteiger partial charge >= 0.3 is 11.9 Å². The van der Waals surface area contributed by atoms with Crippen molar-refractivity contribution in [2.45, 2.75) is 100.0 Å². The first-order valence-electron chi connectivity index (χ1n) is 22.7. The van der Waals surface area contributed by atoms with Crippen molar-refractivity contribution in [1.82, 2.24) is 16.0 Å². The van der Waals surface area contributed by atoms with Gasteiger partial charge in [-0.05, 0) is 47.6 Å². The highest BCUT2D eigenvalue weighted by atomic mass is 32.2. The van der Waals surface area contributed by atoms with Crippen LogP contribution in [0.2, 0.25) is 0 Å². The van der Waals surface area contributed by atoms with Crippen LogP contribution in [0.15, 0.2) is 64.2 Å². The second kappa shape index (κ2) is 26.5.